The van der Waals surface area contributed by atoms with Gasteiger partial charge in [0.1, 0.15) is 22.1 Å². The molecule has 22 heavy (non-hydrogen) atoms. The van der Waals surface area contributed by atoms with Gasteiger partial charge in [-0.15, -0.1) is 0 Å². The van der Waals surface area contributed by atoms with Gasteiger partial charge in [-0.25, -0.2) is 4.79 Å². The highest BCUT2D eigenvalue weighted by Crippen LogP contribution is 2.15. The number of carbonyl (C=O) groups excluding carboxylic acids is 1. The third-order valence-corrected chi connectivity index (χ3v) is 2.61. The van der Waals surface area contributed by atoms with Crippen LogP contribution in [0, 0.1) is 0 Å². The van der Waals surface area contributed by atoms with Gasteiger partial charge in [-0.1, -0.05) is 38.7 Å². The van der Waals surface area contributed by atoms with E-state index in [-0.39, 0.29) is 16.3 Å². The molecule has 0 aliphatic carbocycles. The lowest BCUT2D eigenvalue weighted by Gasteiger charge is -2.06. The normalized spacial score (nSPS) is 11.0. The fourth-order valence-electron chi connectivity index (χ4n) is 1.38. The molecule has 0 atom stereocenters. The standard InChI is InChI=1S/C15H15NO3S.C2H6/c1-3-5-12(13(17)4-2)15(18)19-11-8-6-10(7-9-11)14(16)20;1-2/h3-9,17H,2H2,1H3,(H2,16,20);1-2H3/b5-3-,13-12-;. The van der Waals surface area contributed by atoms with Gasteiger partial charge in [0.2, 0.25) is 0 Å². The second-order valence-electron chi connectivity index (χ2n) is 3.78. The van der Waals surface area contributed by atoms with Crippen LogP contribution in [0.3, 0.4) is 0 Å². The fraction of sp³-hybridized carbons (Fsp3) is 0.176. The molecule has 1 rings (SSSR count). The van der Waals surface area contributed by atoms with E-state index in [2.05, 4.69) is 6.58 Å². The summed E-state index contributed by atoms with van der Waals surface area (Å²) in [6, 6.07) is 6.45. The number of nitrogens with two attached hydrogens (primary N) is 1. The Bertz CT molecular complexity index is 586. The smallest absolute Gasteiger partial charge is 0.347 e. The number of ether oxygens (including phenoxy) is 1. The molecule has 0 amide bonds. The van der Waals surface area contributed by atoms with Gasteiger partial charge in [-0.2, -0.15) is 0 Å². The molecule has 0 aliphatic heterocycles. The molecule has 4 nitrogen and oxygen atoms in total. The molecule has 0 heterocycles. The van der Waals surface area contributed by atoms with E-state index in [9.17, 15) is 9.90 Å². The number of rotatable bonds is 5. The summed E-state index contributed by atoms with van der Waals surface area (Å²) in [5.41, 5.74) is 6.18. The van der Waals surface area contributed by atoms with Gasteiger partial charge in [0.25, 0.3) is 0 Å². The molecule has 3 N–H and O–H groups in total. The third kappa shape index (κ3) is 5.93. The van der Waals surface area contributed by atoms with Crippen molar-refractivity contribution in [3.05, 3.63) is 66.0 Å². The van der Waals surface area contributed by atoms with Gasteiger partial charge < -0.3 is 15.6 Å². The Morgan fingerprint density at radius 1 is 1.32 bits per heavy atom. The molecule has 0 saturated heterocycles. The van der Waals surface area contributed by atoms with Gasteiger partial charge in [0, 0.05) is 5.56 Å². The molecule has 118 valence electrons. The van der Waals surface area contributed by atoms with Crippen molar-refractivity contribution >= 4 is 23.2 Å². The number of allylic oxidation sites excluding steroid dienone is 2. The number of benzene rings is 1. The van der Waals surface area contributed by atoms with E-state index in [1.807, 2.05) is 13.8 Å². The summed E-state index contributed by atoms with van der Waals surface area (Å²) in [4.78, 5) is 12.2. The predicted octanol–water partition coefficient (Wildman–Crippen LogP) is 3.83. The van der Waals surface area contributed by atoms with E-state index >= 15 is 0 Å². The molecule has 5 heteroatoms. The van der Waals surface area contributed by atoms with E-state index in [0.29, 0.717) is 11.3 Å². The average molecular weight is 319 g/mol. The van der Waals surface area contributed by atoms with Crippen LogP contribution in [0.2, 0.25) is 0 Å². The van der Waals surface area contributed by atoms with Crippen LogP contribution in [0.1, 0.15) is 26.3 Å². The summed E-state index contributed by atoms with van der Waals surface area (Å²) in [5.74, 6) is -0.592. The van der Waals surface area contributed by atoms with Crippen LogP contribution in [0.4, 0.5) is 0 Å². The van der Waals surface area contributed by atoms with Crippen LogP contribution in [-0.2, 0) is 4.79 Å². The maximum absolute atomic E-state index is 11.9. The molecule has 0 bridgehead atoms. The minimum atomic E-state index is -0.677. The lowest BCUT2D eigenvalue weighted by Crippen LogP contribution is -2.12. The van der Waals surface area contributed by atoms with Crippen LogP contribution in [0.5, 0.6) is 5.75 Å². The van der Waals surface area contributed by atoms with E-state index < -0.39 is 5.97 Å². The van der Waals surface area contributed by atoms with Gasteiger partial charge in [-0.05, 0) is 43.3 Å². The SMILES string of the molecule is C=C/C(O)=C(\C=C/C)C(=O)Oc1ccc(C(N)=S)cc1.CC. The highest BCUT2D eigenvalue weighted by atomic mass is 32.1. The van der Waals surface area contributed by atoms with E-state index in [0.717, 1.165) is 0 Å². The molecule has 0 fully saturated rings. The quantitative estimate of drug-likeness (QED) is 0.215. The zero-order valence-corrected chi connectivity index (χ0v) is 13.8. The molecule has 0 aromatic heterocycles. The monoisotopic (exact) mass is 319 g/mol. The first-order chi connectivity index (χ1) is 10.5. The number of aliphatic hydroxyl groups is 1. The highest BCUT2D eigenvalue weighted by molar-refractivity contribution is 7.80. The van der Waals surface area contributed by atoms with Gasteiger partial charge in [0.15, 0.2) is 0 Å². The number of hydrogen-bond acceptors (Lipinski definition) is 4. The molecule has 0 spiro atoms. The lowest BCUT2D eigenvalue weighted by atomic mass is 10.2. The average Bonchev–Trinajstić information content (AvgIpc) is 2.54. The van der Waals surface area contributed by atoms with Crippen molar-refractivity contribution in [2.24, 2.45) is 5.73 Å². The zero-order valence-electron chi connectivity index (χ0n) is 13.0. The lowest BCUT2D eigenvalue weighted by molar-refractivity contribution is -0.129. The first-order valence-electron chi connectivity index (χ1n) is 6.80. The molecule has 0 saturated carbocycles. The summed E-state index contributed by atoms with van der Waals surface area (Å²) in [6.45, 7) is 9.13. The molecule has 0 unspecified atom stereocenters. The van der Waals surface area contributed by atoms with Crippen LogP contribution < -0.4 is 10.5 Å². The van der Waals surface area contributed by atoms with E-state index in [4.69, 9.17) is 22.7 Å². The Hall–Kier alpha value is -2.40. The van der Waals surface area contributed by atoms with Crippen molar-refractivity contribution in [3.8, 4) is 5.75 Å². The minimum Gasteiger partial charge on any atom is -0.507 e. The van der Waals surface area contributed by atoms with E-state index in [1.54, 1.807) is 37.3 Å². The summed E-state index contributed by atoms with van der Waals surface area (Å²) < 4.78 is 5.15. The topological polar surface area (TPSA) is 72.5 Å². The van der Waals surface area contributed by atoms with Gasteiger partial charge >= 0.3 is 5.97 Å². The summed E-state index contributed by atoms with van der Waals surface area (Å²) in [6.07, 6.45) is 4.24. The number of aliphatic hydroxyl groups excluding tert-OH is 1. The van der Waals surface area contributed by atoms with Gasteiger partial charge in [0.05, 0.1) is 0 Å². The van der Waals surface area contributed by atoms with Crippen LogP contribution in [-0.4, -0.2) is 16.1 Å². The second kappa shape index (κ2) is 10.3. The maximum atomic E-state index is 11.9. The maximum Gasteiger partial charge on any atom is 0.347 e. The first-order valence-corrected chi connectivity index (χ1v) is 7.20. The second-order valence-corrected chi connectivity index (χ2v) is 4.22. The highest BCUT2D eigenvalue weighted by Gasteiger charge is 2.13. The minimum absolute atomic E-state index is 0.0286. The van der Waals surface area contributed by atoms with Crippen LogP contribution >= 0.6 is 12.2 Å². The van der Waals surface area contributed by atoms with Crippen molar-refractivity contribution in [1.29, 1.82) is 0 Å². The van der Waals surface area contributed by atoms with Crippen LogP contribution in [0.25, 0.3) is 0 Å². The summed E-state index contributed by atoms with van der Waals surface area (Å²) in [5, 5.41) is 9.59. The number of hydrogen-bond donors (Lipinski definition) is 2. The summed E-state index contributed by atoms with van der Waals surface area (Å²) >= 11 is 4.83. The Kier molecular flexibility index (Phi) is 9.22. The predicted molar refractivity (Wildman–Crippen MR) is 94.0 cm³/mol. The zero-order chi connectivity index (χ0) is 17.1. The number of carbonyl (C=O) groups is 1. The van der Waals surface area contributed by atoms with Crippen molar-refractivity contribution < 1.29 is 14.6 Å². The molecule has 0 radical (unpaired) electrons. The Labute approximate surface area is 136 Å². The van der Waals surface area contributed by atoms with Gasteiger partial charge in [-0.3, -0.25) is 0 Å². The van der Waals surface area contributed by atoms with Crippen molar-refractivity contribution in [2.45, 2.75) is 20.8 Å². The molecular weight excluding hydrogens is 298 g/mol. The Morgan fingerprint density at radius 3 is 2.27 bits per heavy atom. The Balaban J connectivity index is 0.00000211. The number of esters is 1. The van der Waals surface area contributed by atoms with E-state index in [1.165, 1.54) is 12.2 Å². The molecule has 0 aliphatic rings. The first kappa shape index (κ1) is 19.6. The molecule has 1 aromatic carbocycles. The molecular formula is C17H21NO3S. The fourth-order valence-corrected chi connectivity index (χ4v) is 1.52. The Morgan fingerprint density at radius 2 is 1.86 bits per heavy atom. The third-order valence-electron chi connectivity index (χ3n) is 2.37. The van der Waals surface area contributed by atoms with Crippen molar-refractivity contribution in [1.82, 2.24) is 0 Å². The van der Waals surface area contributed by atoms with Crippen molar-refractivity contribution in [3.63, 3.8) is 0 Å². The van der Waals surface area contributed by atoms with Crippen LogP contribution in [0.15, 0.2) is 60.4 Å². The molecule has 1 aromatic rings. The summed E-state index contributed by atoms with van der Waals surface area (Å²) in [7, 11) is 0. The van der Waals surface area contributed by atoms with Crippen molar-refractivity contribution in [2.75, 3.05) is 0 Å². The number of thiocarbonyl (C=S) groups is 1. The largest absolute Gasteiger partial charge is 0.507 e.